The van der Waals surface area contributed by atoms with Gasteiger partial charge in [-0.25, -0.2) is 9.97 Å². The highest BCUT2D eigenvalue weighted by atomic mass is 16.1. The van der Waals surface area contributed by atoms with E-state index in [4.69, 9.17) is 10.7 Å². The quantitative estimate of drug-likeness (QED) is 0.542. The third kappa shape index (κ3) is 5.42. The van der Waals surface area contributed by atoms with Crippen LogP contribution in [0.1, 0.15) is 53.8 Å². The number of carbonyl (C=O) groups is 1. The lowest BCUT2D eigenvalue weighted by Crippen LogP contribution is -2.52. The van der Waals surface area contributed by atoms with E-state index in [1.165, 1.54) is 56.7 Å². The number of aromatic nitrogens is 2. The molecular weight excluding hydrogens is 452 g/mol. The van der Waals surface area contributed by atoms with E-state index in [2.05, 4.69) is 62.5 Å². The van der Waals surface area contributed by atoms with Crippen molar-refractivity contribution in [1.82, 2.24) is 19.8 Å². The molecule has 0 radical (unpaired) electrons. The van der Waals surface area contributed by atoms with E-state index >= 15 is 0 Å². The predicted octanol–water partition coefficient (Wildman–Crippen LogP) is 3.12. The van der Waals surface area contributed by atoms with Crippen molar-refractivity contribution in [3.05, 3.63) is 35.2 Å². The Hall–Kier alpha value is -2.91. The molecule has 3 heterocycles. The molecule has 3 aliphatic rings. The molecule has 1 aromatic carbocycles. The Bertz CT molecular complexity index is 1090. The molecule has 9 nitrogen and oxygen atoms in total. The zero-order valence-electron chi connectivity index (χ0n) is 21.9. The van der Waals surface area contributed by atoms with E-state index in [9.17, 15) is 4.79 Å². The Morgan fingerprint density at radius 3 is 2.31 bits per heavy atom. The minimum Gasteiger partial charge on any atom is -0.371 e. The fraction of sp³-hybridized carbons (Fsp3) is 0.593. The third-order valence-electron chi connectivity index (χ3n) is 8.07. The topological polar surface area (TPSA) is 103 Å². The third-order valence-corrected chi connectivity index (χ3v) is 8.07. The first-order valence-electron chi connectivity index (χ1n) is 13.4. The van der Waals surface area contributed by atoms with Gasteiger partial charge in [0.2, 0.25) is 0 Å². The van der Waals surface area contributed by atoms with Crippen molar-refractivity contribution < 1.29 is 4.79 Å². The molecular formula is C27H40N8O. The first-order valence-corrected chi connectivity index (χ1v) is 13.4. The van der Waals surface area contributed by atoms with E-state index in [1.807, 2.05) is 6.92 Å². The van der Waals surface area contributed by atoms with Crippen LogP contribution in [-0.2, 0) is 0 Å². The number of nitrogens with two attached hydrogens (primary N) is 1. The smallest absolute Gasteiger partial charge is 0.271 e. The van der Waals surface area contributed by atoms with Crippen molar-refractivity contribution in [1.29, 1.82) is 0 Å². The molecule has 9 heteroatoms. The maximum atomic E-state index is 12.1. The molecule has 194 valence electrons. The summed E-state index contributed by atoms with van der Waals surface area (Å²) >= 11 is 0. The number of hydrogen-bond acceptors (Lipinski definition) is 8. The SMILES string of the molecule is Cc1cc(Nc2nc(NC3CCC3)c(C)nc2C(N)=O)ccc1N1CCC(N2CCN(C)CC2)CC1. The van der Waals surface area contributed by atoms with Crippen LogP contribution in [-0.4, -0.2) is 84.1 Å². The van der Waals surface area contributed by atoms with Gasteiger partial charge in [0.25, 0.3) is 5.91 Å². The number of benzene rings is 1. The molecule has 1 saturated carbocycles. The number of primary amides is 1. The molecule has 0 unspecified atom stereocenters. The number of anilines is 4. The van der Waals surface area contributed by atoms with Crippen LogP contribution in [0.25, 0.3) is 0 Å². The van der Waals surface area contributed by atoms with Crippen LogP contribution >= 0.6 is 0 Å². The van der Waals surface area contributed by atoms with Crippen molar-refractivity contribution in [2.24, 2.45) is 5.73 Å². The Balaban J connectivity index is 1.26. The van der Waals surface area contributed by atoms with Crippen LogP contribution in [0.5, 0.6) is 0 Å². The summed E-state index contributed by atoms with van der Waals surface area (Å²) in [5.41, 5.74) is 9.84. The molecule has 2 aromatic rings. The van der Waals surface area contributed by atoms with Crippen molar-refractivity contribution >= 4 is 28.9 Å². The monoisotopic (exact) mass is 492 g/mol. The van der Waals surface area contributed by atoms with Gasteiger partial charge < -0.3 is 26.2 Å². The van der Waals surface area contributed by atoms with Gasteiger partial charge in [-0.05, 0) is 76.8 Å². The second kappa shape index (κ2) is 10.6. The summed E-state index contributed by atoms with van der Waals surface area (Å²) in [7, 11) is 2.21. The first kappa shape index (κ1) is 24.8. The van der Waals surface area contributed by atoms with Gasteiger partial charge in [0.05, 0.1) is 5.69 Å². The van der Waals surface area contributed by atoms with Gasteiger partial charge in [-0.3, -0.25) is 9.69 Å². The van der Waals surface area contributed by atoms with Crippen LogP contribution in [0.2, 0.25) is 0 Å². The number of nitrogens with zero attached hydrogens (tertiary/aromatic N) is 5. The highest BCUT2D eigenvalue weighted by Gasteiger charge is 2.27. The van der Waals surface area contributed by atoms with Crippen molar-refractivity contribution in [2.75, 3.05) is 61.8 Å². The largest absolute Gasteiger partial charge is 0.371 e. The summed E-state index contributed by atoms with van der Waals surface area (Å²) in [6.07, 6.45) is 5.92. The van der Waals surface area contributed by atoms with Gasteiger partial charge in [0.15, 0.2) is 11.5 Å². The predicted molar refractivity (Wildman–Crippen MR) is 145 cm³/mol. The number of amides is 1. The molecule has 1 amide bonds. The van der Waals surface area contributed by atoms with E-state index in [0.717, 1.165) is 31.6 Å². The molecule has 4 N–H and O–H groups in total. The van der Waals surface area contributed by atoms with Crippen LogP contribution < -0.4 is 21.3 Å². The Kier molecular flexibility index (Phi) is 7.29. The van der Waals surface area contributed by atoms with Crippen molar-refractivity contribution in [3.8, 4) is 0 Å². The molecule has 2 saturated heterocycles. The summed E-state index contributed by atoms with van der Waals surface area (Å²) in [5.74, 6) is 0.527. The average molecular weight is 493 g/mol. The molecule has 1 aliphatic carbocycles. The second-order valence-electron chi connectivity index (χ2n) is 10.7. The molecule has 0 bridgehead atoms. The number of piperazine rings is 1. The van der Waals surface area contributed by atoms with Crippen molar-refractivity contribution in [2.45, 2.75) is 58.0 Å². The van der Waals surface area contributed by atoms with E-state index in [-0.39, 0.29) is 5.69 Å². The summed E-state index contributed by atoms with van der Waals surface area (Å²) < 4.78 is 0. The number of likely N-dealkylation sites (N-methyl/N-ethyl adjacent to an activating group) is 1. The fourth-order valence-corrected chi connectivity index (χ4v) is 5.54. The Morgan fingerprint density at radius 2 is 1.69 bits per heavy atom. The zero-order valence-corrected chi connectivity index (χ0v) is 21.9. The lowest BCUT2D eigenvalue weighted by atomic mass is 9.93. The summed E-state index contributed by atoms with van der Waals surface area (Å²) in [6.45, 7) is 10.9. The number of carbonyl (C=O) groups excluding carboxylic acids is 1. The van der Waals surface area contributed by atoms with Gasteiger partial charge in [0, 0.05) is 62.7 Å². The van der Waals surface area contributed by atoms with E-state index < -0.39 is 5.91 Å². The van der Waals surface area contributed by atoms with Gasteiger partial charge in [0.1, 0.15) is 5.82 Å². The molecule has 0 spiro atoms. The maximum Gasteiger partial charge on any atom is 0.271 e. The van der Waals surface area contributed by atoms with Crippen LogP contribution in [0.4, 0.5) is 23.0 Å². The van der Waals surface area contributed by atoms with Gasteiger partial charge >= 0.3 is 0 Å². The number of hydrogen-bond donors (Lipinski definition) is 3. The molecule has 2 aliphatic heterocycles. The minimum absolute atomic E-state index is 0.166. The summed E-state index contributed by atoms with van der Waals surface area (Å²) in [5, 5.41) is 6.77. The van der Waals surface area contributed by atoms with E-state index in [0.29, 0.717) is 29.4 Å². The number of aryl methyl sites for hydroxylation is 2. The van der Waals surface area contributed by atoms with Crippen molar-refractivity contribution in [3.63, 3.8) is 0 Å². The normalized spacial score (nSPS) is 20.2. The van der Waals surface area contributed by atoms with Crippen LogP contribution in [0.3, 0.4) is 0 Å². The molecule has 0 atom stereocenters. The summed E-state index contributed by atoms with van der Waals surface area (Å²) in [6, 6.07) is 7.47. The minimum atomic E-state index is -0.583. The number of piperidine rings is 1. The standard InChI is InChI=1S/C27H40N8O/c1-18-17-21(31-27-24(25(28)36)29-19(2)26(32-27)30-20-5-4-6-20)7-8-23(18)35-11-9-22(10-12-35)34-15-13-33(3)14-16-34/h7-8,17,20,22H,4-6,9-16H2,1-3H3,(H2,28,36)(H2,30,31,32). The number of rotatable bonds is 7. The number of nitrogens with one attached hydrogen (secondary N) is 2. The Morgan fingerprint density at radius 1 is 0.972 bits per heavy atom. The highest BCUT2D eigenvalue weighted by molar-refractivity contribution is 5.96. The first-order chi connectivity index (χ1) is 17.4. The molecule has 36 heavy (non-hydrogen) atoms. The lowest BCUT2D eigenvalue weighted by Gasteiger charge is -2.43. The van der Waals surface area contributed by atoms with Gasteiger partial charge in [-0.1, -0.05) is 0 Å². The molecule has 5 rings (SSSR count). The zero-order chi connectivity index (χ0) is 25.2. The second-order valence-corrected chi connectivity index (χ2v) is 10.7. The Labute approximate surface area is 214 Å². The summed E-state index contributed by atoms with van der Waals surface area (Å²) in [4.78, 5) is 28.9. The maximum absolute atomic E-state index is 12.1. The van der Waals surface area contributed by atoms with Gasteiger partial charge in [-0.15, -0.1) is 0 Å². The van der Waals surface area contributed by atoms with Crippen LogP contribution in [0, 0.1) is 13.8 Å². The lowest BCUT2D eigenvalue weighted by molar-refractivity contribution is 0.0982. The molecule has 1 aromatic heterocycles. The average Bonchev–Trinajstić information content (AvgIpc) is 2.83. The van der Waals surface area contributed by atoms with Gasteiger partial charge in [-0.2, -0.15) is 0 Å². The fourth-order valence-electron chi connectivity index (χ4n) is 5.54. The van der Waals surface area contributed by atoms with Crippen LogP contribution in [0.15, 0.2) is 18.2 Å². The highest BCUT2D eigenvalue weighted by Crippen LogP contribution is 2.30. The van der Waals surface area contributed by atoms with E-state index in [1.54, 1.807) is 0 Å². The molecule has 3 fully saturated rings.